The van der Waals surface area contributed by atoms with Crippen molar-refractivity contribution in [2.75, 3.05) is 20.6 Å². The fourth-order valence-electron chi connectivity index (χ4n) is 3.21. The fourth-order valence-corrected chi connectivity index (χ4v) is 3.47. The van der Waals surface area contributed by atoms with E-state index in [0.717, 1.165) is 35.4 Å². The summed E-state index contributed by atoms with van der Waals surface area (Å²) in [5.41, 5.74) is 3.83. The summed E-state index contributed by atoms with van der Waals surface area (Å²) in [6.07, 6.45) is 1.37. The normalized spacial score (nSPS) is 21.8. The summed E-state index contributed by atoms with van der Waals surface area (Å²) >= 11 is 6.31. The SMILES string of the molecule is CN/C(=C1/CCN(C)C(C)C1=N)c1cc(Cl)cc(CC(C)(C)O)c1. The lowest BCUT2D eigenvalue weighted by Gasteiger charge is -2.33. The van der Waals surface area contributed by atoms with E-state index in [1.54, 1.807) is 13.8 Å². The highest BCUT2D eigenvalue weighted by Crippen LogP contribution is 2.28. The molecule has 3 N–H and O–H groups in total. The zero-order chi connectivity index (χ0) is 18.1. The molecule has 1 heterocycles. The molecule has 1 atom stereocenters. The van der Waals surface area contributed by atoms with Crippen molar-refractivity contribution in [1.82, 2.24) is 10.2 Å². The Hall–Kier alpha value is -1.36. The lowest BCUT2D eigenvalue weighted by atomic mass is 9.90. The molecular formula is C19H28ClN3O. The van der Waals surface area contributed by atoms with Gasteiger partial charge in [-0.1, -0.05) is 11.6 Å². The zero-order valence-corrected chi connectivity index (χ0v) is 16.0. The summed E-state index contributed by atoms with van der Waals surface area (Å²) in [6.45, 7) is 6.58. The first-order valence-electron chi connectivity index (χ1n) is 8.34. The Labute approximate surface area is 150 Å². The molecule has 0 amide bonds. The topological polar surface area (TPSA) is 59.4 Å². The van der Waals surface area contributed by atoms with Crippen LogP contribution < -0.4 is 5.32 Å². The summed E-state index contributed by atoms with van der Waals surface area (Å²) in [4.78, 5) is 2.19. The quantitative estimate of drug-likeness (QED) is 0.781. The van der Waals surface area contributed by atoms with Gasteiger partial charge >= 0.3 is 0 Å². The van der Waals surface area contributed by atoms with E-state index in [2.05, 4.69) is 30.3 Å². The molecule has 132 valence electrons. The van der Waals surface area contributed by atoms with Gasteiger partial charge in [0, 0.05) is 36.8 Å². The van der Waals surface area contributed by atoms with Gasteiger partial charge in [0.1, 0.15) is 0 Å². The minimum atomic E-state index is -0.788. The van der Waals surface area contributed by atoms with Crippen LogP contribution in [0.3, 0.4) is 0 Å². The highest BCUT2D eigenvalue weighted by atomic mass is 35.5. The number of nitrogens with zero attached hydrogens (tertiary/aromatic N) is 1. The Balaban J connectivity index is 2.47. The molecule has 0 saturated carbocycles. The molecule has 0 aliphatic carbocycles. The molecule has 1 aliphatic heterocycles. The molecule has 1 unspecified atom stereocenters. The van der Waals surface area contributed by atoms with E-state index in [1.807, 2.05) is 19.2 Å². The number of likely N-dealkylation sites (tertiary alicyclic amines) is 1. The van der Waals surface area contributed by atoms with Crippen LogP contribution in [0.1, 0.15) is 38.3 Å². The van der Waals surface area contributed by atoms with Crippen LogP contribution in [0.15, 0.2) is 23.8 Å². The fraction of sp³-hybridized carbons (Fsp3) is 0.526. The van der Waals surface area contributed by atoms with E-state index in [9.17, 15) is 5.11 Å². The summed E-state index contributed by atoms with van der Waals surface area (Å²) in [5, 5.41) is 22.5. The zero-order valence-electron chi connectivity index (χ0n) is 15.2. The Morgan fingerprint density at radius 2 is 2.08 bits per heavy atom. The second-order valence-electron chi connectivity index (χ2n) is 7.26. The van der Waals surface area contributed by atoms with Gasteiger partial charge in [-0.2, -0.15) is 0 Å². The van der Waals surface area contributed by atoms with Crippen LogP contribution >= 0.6 is 11.6 Å². The van der Waals surface area contributed by atoms with Gasteiger partial charge in [-0.25, -0.2) is 0 Å². The van der Waals surface area contributed by atoms with Crippen molar-refractivity contribution in [3.8, 4) is 0 Å². The first kappa shape index (κ1) is 19.0. The molecule has 4 nitrogen and oxygen atoms in total. The second kappa shape index (κ2) is 7.26. The third-order valence-corrected chi connectivity index (χ3v) is 4.77. The molecule has 5 heteroatoms. The maximum atomic E-state index is 10.1. The average molecular weight is 350 g/mol. The lowest BCUT2D eigenvalue weighted by Crippen LogP contribution is -2.42. The van der Waals surface area contributed by atoms with E-state index < -0.39 is 5.60 Å². The van der Waals surface area contributed by atoms with Gasteiger partial charge in [-0.05, 0) is 69.1 Å². The molecule has 0 radical (unpaired) electrons. The van der Waals surface area contributed by atoms with Gasteiger partial charge in [0.2, 0.25) is 0 Å². The highest BCUT2D eigenvalue weighted by molar-refractivity contribution is 6.30. The van der Waals surface area contributed by atoms with Crippen LogP contribution in [-0.2, 0) is 6.42 Å². The third-order valence-electron chi connectivity index (χ3n) is 4.55. The number of hydrogen-bond acceptors (Lipinski definition) is 4. The molecule has 1 aromatic carbocycles. The van der Waals surface area contributed by atoms with Gasteiger partial charge in [-0.15, -0.1) is 0 Å². The first-order valence-corrected chi connectivity index (χ1v) is 8.72. The van der Waals surface area contributed by atoms with Gasteiger partial charge in [0.15, 0.2) is 0 Å². The van der Waals surface area contributed by atoms with Crippen molar-refractivity contribution in [1.29, 1.82) is 5.41 Å². The Morgan fingerprint density at radius 1 is 1.42 bits per heavy atom. The van der Waals surface area contributed by atoms with E-state index in [4.69, 9.17) is 17.0 Å². The minimum Gasteiger partial charge on any atom is -0.390 e. The number of benzene rings is 1. The van der Waals surface area contributed by atoms with Crippen LogP contribution in [0.4, 0.5) is 0 Å². The number of aliphatic hydroxyl groups is 1. The van der Waals surface area contributed by atoms with Crippen molar-refractivity contribution in [3.05, 3.63) is 39.9 Å². The van der Waals surface area contributed by atoms with E-state index in [0.29, 0.717) is 17.2 Å². The summed E-state index contributed by atoms with van der Waals surface area (Å²) in [7, 11) is 3.94. The monoisotopic (exact) mass is 349 g/mol. The molecule has 0 aromatic heterocycles. The summed E-state index contributed by atoms with van der Waals surface area (Å²) < 4.78 is 0. The predicted octanol–water partition coefficient (Wildman–Crippen LogP) is 3.33. The van der Waals surface area contributed by atoms with Gasteiger partial charge in [0.05, 0.1) is 11.3 Å². The molecule has 0 bridgehead atoms. The average Bonchev–Trinajstić information content (AvgIpc) is 2.45. The van der Waals surface area contributed by atoms with Crippen molar-refractivity contribution < 1.29 is 5.11 Å². The predicted molar refractivity (Wildman–Crippen MR) is 102 cm³/mol. The third kappa shape index (κ3) is 4.38. The molecule has 2 rings (SSSR count). The van der Waals surface area contributed by atoms with Crippen LogP contribution in [0.25, 0.3) is 5.70 Å². The van der Waals surface area contributed by atoms with Crippen LogP contribution in [0.5, 0.6) is 0 Å². The maximum absolute atomic E-state index is 10.1. The second-order valence-corrected chi connectivity index (χ2v) is 7.70. The number of rotatable bonds is 4. The van der Waals surface area contributed by atoms with Crippen molar-refractivity contribution in [3.63, 3.8) is 0 Å². The number of nitrogens with one attached hydrogen (secondary N) is 2. The molecule has 0 spiro atoms. The largest absolute Gasteiger partial charge is 0.390 e. The summed E-state index contributed by atoms with van der Waals surface area (Å²) in [5.74, 6) is 0. The molecule has 1 aliphatic rings. The Kier molecular flexibility index (Phi) is 5.74. The van der Waals surface area contributed by atoms with Crippen LogP contribution in [0, 0.1) is 5.41 Å². The standard InChI is InChI=1S/C19H28ClN3O/c1-12-17(21)16(6-7-23(12)5)18(22-4)14-8-13(9-15(20)10-14)11-19(2,3)24/h8-10,12,21-22,24H,6-7,11H2,1-5H3/b18-16-,21-17?. The smallest absolute Gasteiger partial charge is 0.0631 e. The van der Waals surface area contributed by atoms with Gasteiger partial charge in [-0.3, -0.25) is 4.90 Å². The highest BCUT2D eigenvalue weighted by Gasteiger charge is 2.26. The van der Waals surface area contributed by atoms with Crippen molar-refractivity contribution in [2.45, 2.75) is 45.3 Å². The van der Waals surface area contributed by atoms with E-state index in [-0.39, 0.29) is 6.04 Å². The van der Waals surface area contributed by atoms with Crippen molar-refractivity contribution in [2.24, 2.45) is 0 Å². The maximum Gasteiger partial charge on any atom is 0.0631 e. The first-order chi connectivity index (χ1) is 11.1. The number of hydrogen-bond donors (Lipinski definition) is 3. The van der Waals surface area contributed by atoms with Gasteiger partial charge < -0.3 is 15.8 Å². The molecular weight excluding hydrogens is 322 g/mol. The Morgan fingerprint density at radius 3 is 2.67 bits per heavy atom. The van der Waals surface area contributed by atoms with Crippen LogP contribution in [-0.4, -0.2) is 48.0 Å². The lowest BCUT2D eigenvalue weighted by molar-refractivity contribution is 0.0810. The van der Waals surface area contributed by atoms with Crippen molar-refractivity contribution >= 4 is 23.0 Å². The number of halogens is 1. The molecule has 24 heavy (non-hydrogen) atoms. The Bertz CT molecular complexity index is 661. The molecule has 1 saturated heterocycles. The van der Waals surface area contributed by atoms with Crippen LogP contribution in [0.2, 0.25) is 5.02 Å². The summed E-state index contributed by atoms with van der Waals surface area (Å²) in [6, 6.07) is 5.97. The number of piperidine rings is 1. The molecule has 1 fully saturated rings. The molecule has 1 aromatic rings. The van der Waals surface area contributed by atoms with E-state index in [1.165, 1.54) is 0 Å². The minimum absolute atomic E-state index is 0.104. The van der Waals surface area contributed by atoms with E-state index >= 15 is 0 Å². The van der Waals surface area contributed by atoms with Gasteiger partial charge in [0.25, 0.3) is 0 Å².